The minimum absolute atomic E-state index is 0.513. The summed E-state index contributed by atoms with van der Waals surface area (Å²) in [5.41, 5.74) is 12.2. The smallest absolute Gasteiger partial charge is 0.201 e. The number of rotatable bonds is 2. The number of hydrogen-bond acceptors (Lipinski definition) is 3. The molecule has 1 heterocycles. The SMILES string of the molecule is Cc1cc2nc(N)n(Cc3ccc(C#N)cc3)c2cc1C. The third kappa shape index (κ3) is 2.34. The minimum Gasteiger partial charge on any atom is -0.369 e. The van der Waals surface area contributed by atoms with Gasteiger partial charge in [0.05, 0.1) is 29.2 Å². The molecule has 1 aromatic heterocycles. The fourth-order valence-electron chi connectivity index (χ4n) is 2.43. The second-order valence-electron chi connectivity index (χ2n) is 5.29. The summed E-state index contributed by atoms with van der Waals surface area (Å²) in [6, 6.07) is 13.8. The van der Waals surface area contributed by atoms with Gasteiger partial charge in [0.15, 0.2) is 0 Å². The van der Waals surface area contributed by atoms with E-state index in [0.717, 1.165) is 16.6 Å². The fraction of sp³-hybridized carbons (Fsp3) is 0.176. The van der Waals surface area contributed by atoms with Crippen molar-refractivity contribution in [1.82, 2.24) is 9.55 Å². The number of fused-ring (bicyclic) bond motifs is 1. The van der Waals surface area contributed by atoms with Gasteiger partial charge in [0, 0.05) is 0 Å². The zero-order valence-electron chi connectivity index (χ0n) is 12.1. The van der Waals surface area contributed by atoms with Crippen molar-refractivity contribution in [2.24, 2.45) is 0 Å². The number of hydrogen-bond donors (Lipinski definition) is 1. The van der Waals surface area contributed by atoms with E-state index in [0.29, 0.717) is 18.1 Å². The molecule has 0 spiro atoms. The number of nitriles is 1. The summed E-state index contributed by atoms with van der Waals surface area (Å²) >= 11 is 0. The first-order chi connectivity index (χ1) is 10.1. The first-order valence-corrected chi connectivity index (χ1v) is 6.80. The Hall–Kier alpha value is -2.80. The molecule has 104 valence electrons. The van der Waals surface area contributed by atoms with Crippen molar-refractivity contribution in [3.8, 4) is 6.07 Å². The Balaban J connectivity index is 2.05. The summed E-state index contributed by atoms with van der Waals surface area (Å²) in [5, 5.41) is 8.84. The molecular weight excluding hydrogens is 260 g/mol. The summed E-state index contributed by atoms with van der Waals surface area (Å²) in [7, 11) is 0. The van der Waals surface area contributed by atoms with Crippen LogP contribution in [0.5, 0.6) is 0 Å². The lowest BCUT2D eigenvalue weighted by Gasteiger charge is -2.08. The Labute approximate surface area is 123 Å². The Morgan fingerprint density at radius 1 is 1.14 bits per heavy atom. The molecule has 0 amide bonds. The second kappa shape index (κ2) is 4.95. The van der Waals surface area contributed by atoms with Crippen LogP contribution in [-0.4, -0.2) is 9.55 Å². The average molecular weight is 276 g/mol. The number of aryl methyl sites for hydroxylation is 2. The van der Waals surface area contributed by atoms with Crippen LogP contribution in [0.25, 0.3) is 11.0 Å². The van der Waals surface area contributed by atoms with Crippen LogP contribution in [0, 0.1) is 25.2 Å². The number of benzene rings is 2. The van der Waals surface area contributed by atoms with Gasteiger partial charge in [-0.05, 0) is 54.8 Å². The Bertz CT molecular complexity index is 851. The molecule has 0 aliphatic rings. The van der Waals surface area contributed by atoms with E-state index in [1.165, 1.54) is 11.1 Å². The lowest BCUT2D eigenvalue weighted by molar-refractivity contribution is 0.838. The molecule has 21 heavy (non-hydrogen) atoms. The number of anilines is 1. The van der Waals surface area contributed by atoms with Crippen molar-refractivity contribution in [2.75, 3.05) is 5.73 Å². The van der Waals surface area contributed by atoms with Gasteiger partial charge < -0.3 is 10.3 Å². The van der Waals surface area contributed by atoms with Crippen LogP contribution < -0.4 is 5.73 Å². The molecule has 0 atom stereocenters. The van der Waals surface area contributed by atoms with Gasteiger partial charge in [0.1, 0.15) is 0 Å². The van der Waals surface area contributed by atoms with Crippen LogP contribution in [0.3, 0.4) is 0 Å². The van der Waals surface area contributed by atoms with E-state index in [1.807, 2.05) is 28.8 Å². The Morgan fingerprint density at radius 3 is 2.48 bits per heavy atom. The van der Waals surface area contributed by atoms with E-state index >= 15 is 0 Å². The van der Waals surface area contributed by atoms with Gasteiger partial charge in [-0.25, -0.2) is 4.98 Å². The zero-order valence-corrected chi connectivity index (χ0v) is 12.1. The third-order valence-electron chi connectivity index (χ3n) is 3.82. The third-order valence-corrected chi connectivity index (χ3v) is 3.82. The molecule has 3 rings (SSSR count). The highest BCUT2D eigenvalue weighted by Gasteiger charge is 2.10. The maximum Gasteiger partial charge on any atom is 0.201 e. The molecule has 3 aromatic rings. The van der Waals surface area contributed by atoms with Gasteiger partial charge in [0.2, 0.25) is 5.95 Å². The van der Waals surface area contributed by atoms with E-state index in [1.54, 1.807) is 0 Å². The van der Waals surface area contributed by atoms with Crippen molar-refractivity contribution in [1.29, 1.82) is 5.26 Å². The molecular formula is C17H16N4. The lowest BCUT2D eigenvalue weighted by Crippen LogP contribution is -2.04. The number of imidazole rings is 1. The van der Waals surface area contributed by atoms with Gasteiger partial charge in [0.25, 0.3) is 0 Å². The van der Waals surface area contributed by atoms with Crippen molar-refractivity contribution in [3.63, 3.8) is 0 Å². The van der Waals surface area contributed by atoms with Crippen LogP contribution in [-0.2, 0) is 6.54 Å². The highest BCUT2D eigenvalue weighted by atomic mass is 15.1. The maximum atomic E-state index is 8.84. The lowest BCUT2D eigenvalue weighted by atomic mass is 10.1. The quantitative estimate of drug-likeness (QED) is 0.781. The molecule has 0 bridgehead atoms. The monoisotopic (exact) mass is 276 g/mol. The highest BCUT2D eigenvalue weighted by molar-refractivity contribution is 5.80. The average Bonchev–Trinajstić information content (AvgIpc) is 2.76. The van der Waals surface area contributed by atoms with Gasteiger partial charge in [-0.3, -0.25) is 0 Å². The molecule has 0 radical (unpaired) electrons. The van der Waals surface area contributed by atoms with Gasteiger partial charge >= 0.3 is 0 Å². The molecule has 0 fully saturated rings. The molecule has 2 aromatic carbocycles. The first-order valence-electron chi connectivity index (χ1n) is 6.80. The number of nitrogens with two attached hydrogens (primary N) is 1. The van der Waals surface area contributed by atoms with Crippen molar-refractivity contribution in [2.45, 2.75) is 20.4 Å². The second-order valence-corrected chi connectivity index (χ2v) is 5.29. The van der Waals surface area contributed by atoms with E-state index in [2.05, 4.69) is 37.0 Å². The molecule has 0 aliphatic heterocycles. The van der Waals surface area contributed by atoms with Gasteiger partial charge in [-0.15, -0.1) is 0 Å². The van der Waals surface area contributed by atoms with Crippen LogP contribution in [0.15, 0.2) is 36.4 Å². The van der Waals surface area contributed by atoms with E-state index in [9.17, 15) is 0 Å². The van der Waals surface area contributed by atoms with E-state index in [-0.39, 0.29) is 0 Å². The molecule has 0 saturated carbocycles. The van der Waals surface area contributed by atoms with E-state index < -0.39 is 0 Å². The molecule has 0 saturated heterocycles. The summed E-state index contributed by atoms with van der Waals surface area (Å²) in [4.78, 5) is 4.43. The fourth-order valence-corrected chi connectivity index (χ4v) is 2.43. The number of nitrogens with zero attached hydrogens (tertiary/aromatic N) is 3. The Kier molecular flexibility index (Phi) is 3.11. The summed E-state index contributed by atoms with van der Waals surface area (Å²) in [5.74, 6) is 0.513. The molecule has 0 unspecified atom stereocenters. The topological polar surface area (TPSA) is 67.6 Å². The largest absolute Gasteiger partial charge is 0.369 e. The van der Waals surface area contributed by atoms with Crippen LogP contribution in [0.1, 0.15) is 22.3 Å². The minimum atomic E-state index is 0.513. The van der Waals surface area contributed by atoms with Gasteiger partial charge in [-0.1, -0.05) is 12.1 Å². The summed E-state index contributed by atoms with van der Waals surface area (Å²) < 4.78 is 2.00. The maximum absolute atomic E-state index is 8.84. The first kappa shape index (κ1) is 13.2. The zero-order chi connectivity index (χ0) is 15.0. The molecule has 0 aliphatic carbocycles. The van der Waals surface area contributed by atoms with Crippen LogP contribution in [0.4, 0.5) is 5.95 Å². The predicted molar refractivity (Wildman–Crippen MR) is 83.9 cm³/mol. The standard InChI is InChI=1S/C17H16N4/c1-11-7-15-16(8-12(11)2)21(17(19)20-15)10-14-5-3-13(9-18)4-6-14/h3-8H,10H2,1-2H3,(H2,19,20). The van der Waals surface area contributed by atoms with Crippen LogP contribution >= 0.6 is 0 Å². The highest BCUT2D eigenvalue weighted by Crippen LogP contribution is 2.23. The molecule has 2 N–H and O–H groups in total. The number of aromatic nitrogens is 2. The Morgan fingerprint density at radius 2 is 1.81 bits per heavy atom. The summed E-state index contributed by atoms with van der Waals surface area (Å²) in [6.45, 7) is 4.81. The van der Waals surface area contributed by atoms with E-state index in [4.69, 9.17) is 11.0 Å². The van der Waals surface area contributed by atoms with Crippen molar-refractivity contribution < 1.29 is 0 Å². The van der Waals surface area contributed by atoms with Crippen molar-refractivity contribution in [3.05, 3.63) is 58.7 Å². The van der Waals surface area contributed by atoms with Crippen molar-refractivity contribution >= 4 is 17.0 Å². The van der Waals surface area contributed by atoms with Crippen LogP contribution in [0.2, 0.25) is 0 Å². The summed E-state index contributed by atoms with van der Waals surface area (Å²) in [6.07, 6.45) is 0. The number of nitrogen functional groups attached to an aromatic ring is 1. The predicted octanol–water partition coefficient (Wildman–Crippen LogP) is 3.16. The molecule has 4 nitrogen and oxygen atoms in total. The normalized spacial score (nSPS) is 10.7. The van der Waals surface area contributed by atoms with Gasteiger partial charge in [-0.2, -0.15) is 5.26 Å². The molecule has 4 heteroatoms.